The molecule has 0 aromatic rings. The third kappa shape index (κ3) is 20.1. The molecule has 1 rings (SSSR count). The van der Waals surface area contributed by atoms with Gasteiger partial charge < -0.3 is 38.5 Å². The maximum Gasteiger partial charge on any atom is 0.407 e. The maximum atomic E-state index is 12.6. The van der Waals surface area contributed by atoms with Gasteiger partial charge in [-0.25, -0.2) is 4.79 Å². The Morgan fingerprint density at radius 3 is 1.93 bits per heavy atom. The molecule has 5 atom stereocenters. The van der Waals surface area contributed by atoms with Crippen molar-refractivity contribution in [2.75, 3.05) is 33.0 Å². The lowest BCUT2D eigenvalue weighted by atomic mass is 9.96. The second-order valence-electron chi connectivity index (χ2n) is 10.6. The highest BCUT2D eigenvalue weighted by Gasteiger charge is 2.51. The van der Waals surface area contributed by atoms with Crippen molar-refractivity contribution in [2.45, 2.75) is 120 Å². The predicted octanol–water partition coefficient (Wildman–Crippen LogP) is 5.72. The molecule has 0 aromatic heterocycles. The van der Waals surface area contributed by atoms with Gasteiger partial charge in [-0.2, -0.15) is 0 Å². The Hall–Kier alpha value is -1.83. The quantitative estimate of drug-likeness (QED) is 0.0515. The van der Waals surface area contributed by atoms with Crippen LogP contribution in [0, 0.1) is 0 Å². The van der Waals surface area contributed by atoms with Gasteiger partial charge in [-0.1, -0.05) is 105 Å². The lowest BCUT2D eigenvalue weighted by Crippen LogP contribution is -2.66. The summed E-state index contributed by atoms with van der Waals surface area (Å²) >= 11 is 17.0. The lowest BCUT2D eigenvalue weighted by Gasteiger charge is -2.44. The van der Waals surface area contributed by atoms with E-state index in [4.69, 9.17) is 68.0 Å². The fourth-order valence-electron chi connectivity index (χ4n) is 4.48. The van der Waals surface area contributed by atoms with E-state index in [2.05, 4.69) is 12.2 Å². The van der Waals surface area contributed by atoms with E-state index in [0.717, 1.165) is 26.7 Å². The van der Waals surface area contributed by atoms with Gasteiger partial charge in [0.25, 0.3) is 0 Å². The predicted molar refractivity (Wildman–Crippen MR) is 168 cm³/mol. The Morgan fingerprint density at radius 1 is 0.778 bits per heavy atom. The second-order valence-corrected chi connectivity index (χ2v) is 13.1. The van der Waals surface area contributed by atoms with Crippen molar-refractivity contribution in [2.24, 2.45) is 0 Å². The van der Waals surface area contributed by atoms with E-state index in [1.165, 1.54) is 51.9 Å². The van der Waals surface area contributed by atoms with E-state index >= 15 is 0 Å². The molecule has 1 saturated heterocycles. The first-order valence-electron chi connectivity index (χ1n) is 15.3. The standard InChI is InChI=1S/C30H48Cl3NO11/c1-5-6-7-8-9-10-11-12-13-16-39-17-14-15-18-40-28-25(34-29(38)42-20-30(31,32)33)27(44-23(4)37)26(43-22(3)36)24(45-28)19-41-21(2)35/h14-15,24-28H,5-13,16-20H2,1-4H3,(H,34,38)/b15-14-/t24-,25-,26+,27-,28-/m1/s1. The number of carbonyl (C=O) groups excluding carboxylic acids is 4. The average molecular weight is 705 g/mol. The van der Waals surface area contributed by atoms with Crippen molar-refractivity contribution < 1.29 is 52.3 Å². The summed E-state index contributed by atoms with van der Waals surface area (Å²) in [6, 6.07) is -1.26. The van der Waals surface area contributed by atoms with Crippen LogP contribution in [-0.4, -0.2) is 91.5 Å². The molecule has 45 heavy (non-hydrogen) atoms. The largest absolute Gasteiger partial charge is 0.463 e. The fourth-order valence-corrected chi connectivity index (χ4v) is 4.64. The second kappa shape index (κ2) is 23.5. The van der Waals surface area contributed by atoms with Crippen LogP contribution in [0.5, 0.6) is 0 Å². The first-order valence-corrected chi connectivity index (χ1v) is 16.4. The molecule has 1 heterocycles. The van der Waals surface area contributed by atoms with Crippen LogP contribution in [0.25, 0.3) is 0 Å². The monoisotopic (exact) mass is 703 g/mol. The molecule has 1 aliphatic heterocycles. The molecule has 0 radical (unpaired) electrons. The van der Waals surface area contributed by atoms with Crippen LogP contribution in [0.4, 0.5) is 4.79 Å². The molecular formula is C30H48Cl3NO11. The third-order valence-corrected chi connectivity index (χ3v) is 6.81. The summed E-state index contributed by atoms with van der Waals surface area (Å²) < 4.78 is 36.5. The molecular weight excluding hydrogens is 657 g/mol. The number of hydrogen-bond acceptors (Lipinski definition) is 11. The molecule has 12 nitrogen and oxygen atoms in total. The van der Waals surface area contributed by atoms with Crippen LogP contribution >= 0.6 is 34.8 Å². The van der Waals surface area contributed by atoms with Crippen molar-refractivity contribution in [1.29, 1.82) is 0 Å². The molecule has 0 saturated carbocycles. The molecule has 15 heteroatoms. The summed E-state index contributed by atoms with van der Waals surface area (Å²) in [5, 5.41) is 2.48. The van der Waals surface area contributed by atoms with Crippen LogP contribution in [0.3, 0.4) is 0 Å². The summed E-state index contributed by atoms with van der Waals surface area (Å²) in [4.78, 5) is 48.1. The van der Waals surface area contributed by atoms with Gasteiger partial charge in [0.05, 0.1) is 13.2 Å². The SMILES string of the molecule is CCCCCCCCCCCOC/C=C\CO[C@@H]1O[C@H](COC(C)=O)[C@H](OC(C)=O)[C@H](OC(C)=O)[C@H]1NC(=O)OCC(Cl)(Cl)Cl. The highest BCUT2D eigenvalue weighted by atomic mass is 35.6. The van der Waals surface area contributed by atoms with E-state index < -0.39 is 65.0 Å². The summed E-state index contributed by atoms with van der Waals surface area (Å²) in [7, 11) is 0. The number of halogens is 3. The zero-order valence-electron chi connectivity index (χ0n) is 26.6. The summed E-state index contributed by atoms with van der Waals surface area (Å²) in [5.41, 5.74) is 0. The maximum absolute atomic E-state index is 12.6. The van der Waals surface area contributed by atoms with Gasteiger partial charge in [0, 0.05) is 27.4 Å². The van der Waals surface area contributed by atoms with Gasteiger partial charge in [-0.3, -0.25) is 14.4 Å². The van der Waals surface area contributed by atoms with E-state index in [0.29, 0.717) is 13.2 Å². The molecule has 1 amide bonds. The molecule has 0 bridgehead atoms. The van der Waals surface area contributed by atoms with Crippen LogP contribution in [0.2, 0.25) is 0 Å². The first kappa shape index (κ1) is 41.2. The minimum atomic E-state index is -1.89. The Labute approximate surface area is 281 Å². The normalized spacial score (nSPS) is 21.7. The summed E-state index contributed by atoms with van der Waals surface area (Å²) in [6.45, 7) is 5.74. The molecule has 0 unspecified atom stereocenters. The van der Waals surface area contributed by atoms with Crippen LogP contribution in [0.1, 0.15) is 85.5 Å². The Morgan fingerprint density at radius 2 is 1.36 bits per heavy atom. The van der Waals surface area contributed by atoms with Gasteiger partial charge in [0.15, 0.2) is 18.5 Å². The van der Waals surface area contributed by atoms with E-state index in [-0.39, 0.29) is 13.2 Å². The number of hydrogen-bond donors (Lipinski definition) is 1. The number of ether oxygens (including phenoxy) is 7. The Balaban J connectivity index is 2.82. The van der Waals surface area contributed by atoms with Crippen LogP contribution in [0.15, 0.2) is 12.2 Å². The number of carbonyl (C=O) groups is 4. The molecule has 1 N–H and O–H groups in total. The van der Waals surface area contributed by atoms with E-state index in [9.17, 15) is 19.2 Å². The number of alkyl carbamates (subject to hydrolysis) is 1. The lowest BCUT2D eigenvalue weighted by molar-refractivity contribution is -0.274. The number of amides is 1. The Bertz CT molecular complexity index is 916. The molecule has 260 valence electrons. The zero-order valence-corrected chi connectivity index (χ0v) is 28.8. The van der Waals surface area contributed by atoms with Crippen LogP contribution in [-0.2, 0) is 47.5 Å². The van der Waals surface area contributed by atoms with Crippen molar-refractivity contribution >= 4 is 58.8 Å². The number of nitrogens with one attached hydrogen (secondary N) is 1. The Kier molecular flexibility index (Phi) is 21.5. The van der Waals surface area contributed by atoms with E-state index in [1.807, 2.05) is 0 Å². The average Bonchev–Trinajstić information content (AvgIpc) is 2.94. The molecule has 0 aliphatic carbocycles. The summed E-state index contributed by atoms with van der Waals surface area (Å²) in [5.74, 6) is -2.12. The van der Waals surface area contributed by atoms with Crippen molar-refractivity contribution in [1.82, 2.24) is 5.32 Å². The summed E-state index contributed by atoms with van der Waals surface area (Å²) in [6.07, 6.45) is 8.45. The van der Waals surface area contributed by atoms with E-state index in [1.54, 1.807) is 12.2 Å². The topological polar surface area (TPSA) is 145 Å². The van der Waals surface area contributed by atoms with Gasteiger partial charge in [-0.05, 0) is 6.42 Å². The number of rotatable bonds is 21. The van der Waals surface area contributed by atoms with Crippen molar-refractivity contribution in [3.05, 3.63) is 12.2 Å². The smallest absolute Gasteiger partial charge is 0.407 e. The fraction of sp³-hybridized carbons (Fsp3) is 0.800. The van der Waals surface area contributed by atoms with Crippen LogP contribution < -0.4 is 5.32 Å². The first-order chi connectivity index (χ1) is 21.3. The van der Waals surface area contributed by atoms with Gasteiger partial charge >= 0.3 is 24.0 Å². The molecule has 0 spiro atoms. The minimum Gasteiger partial charge on any atom is -0.463 e. The zero-order chi connectivity index (χ0) is 33.7. The number of alkyl halides is 3. The highest BCUT2D eigenvalue weighted by molar-refractivity contribution is 6.67. The molecule has 1 aliphatic rings. The van der Waals surface area contributed by atoms with Gasteiger partial charge in [0.2, 0.25) is 3.79 Å². The molecule has 0 aromatic carbocycles. The van der Waals surface area contributed by atoms with Gasteiger partial charge in [-0.15, -0.1) is 0 Å². The number of unbranched alkanes of at least 4 members (excludes halogenated alkanes) is 8. The molecule has 1 fully saturated rings. The van der Waals surface area contributed by atoms with Crippen molar-refractivity contribution in [3.63, 3.8) is 0 Å². The van der Waals surface area contributed by atoms with Gasteiger partial charge in [0.1, 0.15) is 25.4 Å². The minimum absolute atomic E-state index is 0.00124. The third-order valence-electron chi connectivity index (χ3n) is 6.48. The highest BCUT2D eigenvalue weighted by Crippen LogP contribution is 2.29. The van der Waals surface area contributed by atoms with Crippen molar-refractivity contribution in [3.8, 4) is 0 Å². The number of esters is 3.